The Hall–Kier alpha value is -3.39. The molecule has 0 aliphatic carbocycles. The van der Waals surface area contributed by atoms with E-state index in [2.05, 4.69) is 15.5 Å². The van der Waals surface area contributed by atoms with Crippen LogP contribution >= 0.6 is 0 Å². The second kappa shape index (κ2) is 8.16. The van der Waals surface area contributed by atoms with Crippen LogP contribution < -0.4 is 11.1 Å². The summed E-state index contributed by atoms with van der Waals surface area (Å²) in [5.74, 6) is 0.444. The van der Waals surface area contributed by atoms with E-state index in [-0.39, 0.29) is 0 Å². The van der Waals surface area contributed by atoms with Gasteiger partial charge in [-0.25, -0.2) is 0 Å². The van der Waals surface area contributed by atoms with E-state index in [0.717, 1.165) is 28.5 Å². The van der Waals surface area contributed by atoms with Crippen LogP contribution in [-0.2, 0) is 12.6 Å². The Kier molecular flexibility index (Phi) is 5.41. The van der Waals surface area contributed by atoms with Crippen LogP contribution in [0.5, 0.6) is 0 Å². The number of nitrogens with two attached hydrogens (primary N) is 1. The van der Waals surface area contributed by atoms with Gasteiger partial charge in [0.15, 0.2) is 0 Å². The lowest BCUT2D eigenvalue weighted by molar-refractivity contribution is -0.137. The van der Waals surface area contributed by atoms with Gasteiger partial charge in [0.2, 0.25) is 5.88 Å². The smallest absolute Gasteiger partial charge is 0.352 e. The van der Waals surface area contributed by atoms with Crippen molar-refractivity contribution in [3.8, 4) is 11.3 Å². The van der Waals surface area contributed by atoms with Crippen molar-refractivity contribution in [1.29, 1.82) is 0 Å². The zero-order valence-electron chi connectivity index (χ0n) is 15.9. The molecule has 0 unspecified atom stereocenters. The van der Waals surface area contributed by atoms with Crippen molar-refractivity contribution in [2.24, 2.45) is 5.73 Å². The van der Waals surface area contributed by atoms with Crippen LogP contribution in [0, 0.1) is 0 Å². The Bertz CT molecular complexity index is 1160. The summed E-state index contributed by atoms with van der Waals surface area (Å²) in [4.78, 5) is 4.10. The summed E-state index contributed by atoms with van der Waals surface area (Å²) in [7, 11) is 0. The Morgan fingerprint density at radius 2 is 1.90 bits per heavy atom. The second-order valence-electron chi connectivity index (χ2n) is 7.06. The summed E-state index contributed by atoms with van der Waals surface area (Å²) in [5, 5.41) is 9.20. The Balaban J connectivity index is 1.38. The molecule has 0 fully saturated rings. The number of fused-ring (bicyclic) bond motifs is 1. The summed E-state index contributed by atoms with van der Waals surface area (Å²) in [6.07, 6.45) is -0.543. The molecule has 2 aromatic carbocycles. The first-order valence-corrected chi connectivity index (χ1v) is 9.35. The standard InChI is InChI=1S/C22H19F3N4O/c23-22(24,25)18-3-1-2-14(8-18)9-19(26)13-28-21-11-20(29-30-21)16-4-5-17-12-27-7-6-15(17)10-16/h1-8,10-12,19,28H,9,13,26H2/t19-/m1/s1. The van der Waals surface area contributed by atoms with Crippen LogP contribution in [0.25, 0.3) is 22.0 Å². The largest absolute Gasteiger partial charge is 0.416 e. The molecule has 4 rings (SSSR count). The van der Waals surface area contributed by atoms with Gasteiger partial charge >= 0.3 is 6.18 Å². The molecule has 3 N–H and O–H groups in total. The molecular weight excluding hydrogens is 393 g/mol. The van der Waals surface area contributed by atoms with Crippen molar-refractivity contribution >= 4 is 16.7 Å². The third-order valence-electron chi connectivity index (χ3n) is 4.74. The van der Waals surface area contributed by atoms with E-state index >= 15 is 0 Å². The highest BCUT2D eigenvalue weighted by Gasteiger charge is 2.30. The van der Waals surface area contributed by atoms with Gasteiger partial charge in [0.05, 0.1) is 5.56 Å². The van der Waals surface area contributed by atoms with Crippen LogP contribution in [0.4, 0.5) is 19.1 Å². The molecule has 2 heterocycles. The number of hydrogen-bond acceptors (Lipinski definition) is 5. The lowest BCUT2D eigenvalue weighted by atomic mass is 10.0. The molecule has 5 nitrogen and oxygen atoms in total. The average Bonchev–Trinajstić information content (AvgIpc) is 3.21. The van der Waals surface area contributed by atoms with Crippen LogP contribution in [0.15, 0.2) is 71.5 Å². The highest BCUT2D eigenvalue weighted by molar-refractivity contribution is 5.86. The quantitative estimate of drug-likeness (QED) is 0.472. The molecule has 154 valence electrons. The summed E-state index contributed by atoms with van der Waals surface area (Å²) in [5.41, 5.74) is 7.51. The molecule has 1 atom stereocenters. The maximum absolute atomic E-state index is 12.8. The molecule has 30 heavy (non-hydrogen) atoms. The number of halogens is 3. The molecule has 4 aromatic rings. The number of rotatable bonds is 6. The number of pyridine rings is 1. The summed E-state index contributed by atoms with van der Waals surface area (Å²) in [6, 6.07) is 14.4. The van der Waals surface area contributed by atoms with Crippen LogP contribution in [0.1, 0.15) is 11.1 Å². The summed E-state index contributed by atoms with van der Waals surface area (Å²) < 4.78 is 43.8. The van der Waals surface area contributed by atoms with E-state index in [9.17, 15) is 13.2 Å². The number of alkyl halides is 3. The number of anilines is 1. The first-order chi connectivity index (χ1) is 14.4. The highest BCUT2D eigenvalue weighted by Crippen LogP contribution is 2.30. The maximum atomic E-state index is 12.8. The molecule has 8 heteroatoms. The fraction of sp³-hybridized carbons (Fsp3) is 0.182. The number of benzene rings is 2. The zero-order valence-corrected chi connectivity index (χ0v) is 15.9. The van der Waals surface area contributed by atoms with Crippen molar-refractivity contribution in [3.05, 3.63) is 78.1 Å². The minimum Gasteiger partial charge on any atom is -0.352 e. The normalized spacial score (nSPS) is 12.8. The topological polar surface area (TPSA) is 77.0 Å². The first-order valence-electron chi connectivity index (χ1n) is 9.35. The number of nitrogens with one attached hydrogen (secondary N) is 1. The molecule has 0 amide bonds. The first kappa shape index (κ1) is 19.9. The molecule has 0 saturated carbocycles. The molecule has 0 saturated heterocycles. The fourth-order valence-electron chi connectivity index (χ4n) is 3.22. The predicted octanol–water partition coefficient (Wildman–Crippen LogP) is 4.89. The molecule has 0 aliphatic rings. The van der Waals surface area contributed by atoms with Crippen molar-refractivity contribution in [1.82, 2.24) is 10.1 Å². The Labute approximate surface area is 170 Å². The molecule has 0 aliphatic heterocycles. The fourth-order valence-corrected chi connectivity index (χ4v) is 3.22. The minimum atomic E-state index is -4.37. The molecule has 2 aromatic heterocycles. The lowest BCUT2D eigenvalue weighted by Gasteiger charge is -2.13. The number of hydrogen-bond donors (Lipinski definition) is 2. The van der Waals surface area contributed by atoms with E-state index in [4.69, 9.17) is 10.3 Å². The van der Waals surface area contributed by atoms with Gasteiger partial charge in [0.25, 0.3) is 0 Å². The summed E-state index contributed by atoms with van der Waals surface area (Å²) >= 11 is 0. The Morgan fingerprint density at radius 3 is 2.73 bits per heavy atom. The SMILES string of the molecule is N[C@@H](CNc1cc(-c2ccc3cnccc3c2)no1)Cc1cccc(C(F)(F)F)c1. The average molecular weight is 412 g/mol. The van der Waals surface area contributed by atoms with E-state index in [1.807, 2.05) is 24.3 Å². The van der Waals surface area contributed by atoms with Gasteiger partial charge in [-0.3, -0.25) is 4.98 Å². The molecule has 0 bridgehead atoms. The van der Waals surface area contributed by atoms with E-state index in [1.165, 1.54) is 6.07 Å². The minimum absolute atomic E-state index is 0.302. The third-order valence-corrected chi connectivity index (χ3v) is 4.74. The highest BCUT2D eigenvalue weighted by atomic mass is 19.4. The van der Waals surface area contributed by atoms with Crippen molar-refractivity contribution < 1.29 is 17.7 Å². The van der Waals surface area contributed by atoms with E-state index < -0.39 is 17.8 Å². The van der Waals surface area contributed by atoms with Crippen LogP contribution in [-0.4, -0.2) is 22.7 Å². The number of aromatic nitrogens is 2. The van der Waals surface area contributed by atoms with Gasteiger partial charge in [-0.15, -0.1) is 0 Å². The maximum Gasteiger partial charge on any atom is 0.416 e. The van der Waals surface area contributed by atoms with Gasteiger partial charge in [0, 0.05) is 42.0 Å². The molecule has 0 spiro atoms. The zero-order chi connectivity index (χ0) is 21.1. The van der Waals surface area contributed by atoms with Gasteiger partial charge < -0.3 is 15.6 Å². The third kappa shape index (κ3) is 4.60. The van der Waals surface area contributed by atoms with Crippen molar-refractivity contribution in [3.63, 3.8) is 0 Å². The second-order valence-corrected chi connectivity index (χ2v) is 7.06. The van der Waals surface area contributed by atoms with Gasteiger partial charge in [0.1, 0.15) is 5.69 Å². The number of nitrogens with zero attached hydrogens (tertiary/aromatic N) is 2. The Morgan fingerprint density at radius 1 is 1.03 bits per heavy atom. The van der Waals surface area contributed by atoms with E-state index in [0.29, 0.717) is 30.1 Å². The van der Waals surface area contributed by atoms with E-state index in [1.54, 1.807) is 24.5 Å². The molecule has 0 radical (unpaired) electrons. The van der Waals surface area contributed by atoms with Gasteiger partial charge in [-0.2, -0.15) is 13.2 Å². The van der Waals surface area contributed by atoms with Crippen LogP contribution in [0.2, 0.25) is 0 Å². The molecular formula is C22H19F3N4O. The van der Waals surface area contributed by atoms with Crippen molar-refractivity contribution in [2.75, 3.05) is 11.9 Å². The van der Waals surface area contributed by atoms with Crippen molar-refractivity contribution in [2.45, 2.75) is 18.6 Å². The monoisotopic (exact) mass is 412 g/mol. The van der Waals surface area contributed by atoms with Gasteiger partial charge in [-0.05, 0) is 35.6 Å². The van der Waals surface area contributed by atoms with Gasteiger partial charge in [-0.1, -0.05) is 35.5 Å². The van der Waals surface area contributed by atoms with Crippen LogP contribution in [0.3, 0.4) is 0 Å². The lowest BCUT2D eigenvalue weighted by Crippen LogP contribution is -2.31. The summed E-state index contributed by atoms with van der Waals surface area (Å²) in [6.45, 7) is 0.328. The predicted molar refractivity (Wildman–Crippen MR) is 109 cm³/mol.